The highest BCUT2D eigenvalue weighted by Gasteiger charge is 2.54. The molecule has 1 heterocycles. The molecule has 0 aliphatic carbocycles. The Bertz CT molecular complexity index is 1850. The molecule has 5 rings (SSSR count). The van der Waals surface area contributed by atoms with Crippen LogP contribution < -0.4 is 14.8 Å². The molecular formula is C36H36Cl2N2O7S. The standard InChI is InChI=1S/C36H36Cl2N2O7S/c1-45-32-11-6-5-8-25(32)18-20-39-35(42)36(19-23-48(43,44)29-9-3-2-4-10-29)33(30-17-14-27(37)24-31(30)38)47-34(40-36)26-12-15-28(16-13-26)46-22-7-21-41/h2-6,8-17,24,33,41H,7,18-23H2,1H3,(H,39,42)/t33-,36-/m1/s1. The molecular weight excluding hydrogens is 675 g/mol. The third-order valence-electron chi connectivity index (χ3n) is 8.00. The second kappa shape index (κ2) is 15.9. The van der Waals surface area contributed by atoms with E-state index in [0.29, 0.717) is 47.1 Å². The number of ether oxygens (including phenoxy) is 3. The van der Waals surface area contributed by atoms with Crippen LogP contribution in [0.5, 0.6) is 11.5 Å². The summed E-state index contributed by atoms with van der Waals surface area (Å²) in [5, 5.41) is 12.7. The average Bonchev–Trinajstić information content (AvgIpc) is 3.49. The second-order valence-electron chi connectivity index (χ2n) is 11.2. The average molecular weight is 712 g/mol. The van der Waals surface area contributed by atoms with E-state index < -0.39 is 33.1 Å². The lowest BCUT2D eigenvalue weighted by molar-refractivity contribution is -0.129. The van der Waals surface area contributed by atoms with E-state index in [2.05, 4.69) is 5.32 Å². The van der Waals surface area contributed by atoms with Gasteiger partial charge in [-0.3, -0.25) is 4.79 Å². The van der Waals surface area contributed by atoms with Crippen LogP contribution in [0.3, 0.4) is 0 Å². The molecule has 0 fully saturated rings. The zero-order valence-corrected chi connectivity index (χ0v) is 28.6. The van der Waals surface area contributed by atoms with Gasteiger partial charge in [0, 0.05) is 47.2 Å². The van der Waals surface area contributed by atoms with Crippen molar-refractivity contribution in [3.63, 3.8) is 0 Å². The minimum absolute atomic E-state index is 0.0143. The van der Waals surface area contributed by atoms with Gasteiger partial charge in [0.05, 0.1) is 24.4 Å². The number of carbonyl (C=O) groups excluding carboxylic acids is 1. The number of hydrogen-bond acceptors (Lipinski definition) is 8. The van der Waals surface area contributed by atoms with E-state index in [1.807, 2.05) is 24.3 Å². The van der Waals surface area contributed by atoms with E-state index in [1.165, 1.54) is 12.1 Å². The largest absolute Gasteiger partial charge is 0.496 e. The van der Waals surface area contributed by atoms with Crippen LogP contribution in [0, 0.1) is 0 Å². The van der Waals surface area contributed by atoms with Crippen molar-refractivity contribution in [2.24, 2.45) is 4.99 Å². The Kier molecular flexibility index (Phi) is 11.6. The molecule has 0 aromatic heterocycles. The fourth-order valence-electron chi connectivity index (χ4n) is 5.47. The van der Waals surface area contributed by atoms with Gasteiger partial charge in [-0.25, -0.2) is 13.4 Å². The van der Waals surface area contributed by atoms with Gasteiger partial charge in [-0.15, -0.1) is 0 Å². The van der Waals surface area contributed by atoms with Crippen molar-refractivity contribution in [1.29, 1.82) is 0 Å². The Labute approximate surface area is 290 Å². The highest BCUT2D eigenvalue weighted by atomic mass is 35.5. The topological polar surface area (TPSA) is 124 Å². The number of benzene rings is 4. The number of aliphatic imine (C=N–C) groups is 1. The van der Waals surface area contributed by atoms with Crippen LogP contribution in [-0.4, -0.2) is 63.5 Å². The SMILES string of the molecule is COc1ccccc1CCNC(=O)[C@]1(CCS(=O)(=O)c2ccccc2)N=C(c2ccc(OCCCO)cc2)O[C@@H]1c1ccc(Cl)cc1Cl. The van der Waals surface area contributed by atoms with Gasteiger partial charge in [-0.2, -0.15) is 0 Å². The summed E-state index contributed by atoms with van der Waals surface area (Å²) in [5.74, 6) is 0.503. The summed E-state index contributed by atoms with van der Waals surface area (Å²) >= 11 is 12.9. The number of sulfone groups is 1. The molecule has 4 aromatic carbocycles. The summed E-state index contributed by atoms with van der Waals surface area (Å²) < 4.78 is 44.7. The van der Waals surface area contributed by atoms with Crippen LogP contribution in [0.4, 0.5) is 0 Å². The first-order chi connectivity index (χ1) is 23.2. The van der Waals surface area contributed by atoms with Gasteiger partial charge >= 0.3 is 0 Å². The third kappa shape index (κ3) is 8.13. The zero-order valence-electron chi connectivity index (χ0n) is 26.3. The van der Waals surface area contributed by atoms with Crippen LogP contribution in [0.25, 0.3) is 0 Å². The summed E-state index contributed by atoms with van der Waals surface area (Å²) in [5.41, 5.74) is 0.146. The number of aliphatic hydroxyl groups excluding tert-OH is 1. The van der Waals surface area contributed by atoms with Crippen LogP contribution >= 0.6 is 23.2 Å². The number of rotatable bonds is 15. The van der Waals surface area contributed by atoms with Crippen molar-refractivity contribution in [3.05, 3.63) is 124 Å². The number of nitrogens with one attached hydrogen (secondary N) is 1. The van der Waals surface area contributed by atoms with Crippen molar-refractivity contribution in [2.75, 3.05) is 32.6 Å². The minimum Gasteiger partial charge on any atom is -0.496 e. The molecule has 1 aliphatic heterocycles. The first-order valence-corrected chi connectivity index (χ1v) is 17.8. The molecule has 0 unspecified atom stereocenters. The lowest BCUT2D eigenvalue weighted by Gasteiger charge is -2.31. The lowest BCUT2D eigenvalue weighted by atomic mass is 9.85. The van der Waals surface area contributed by atoms with Crippen LogP contribution in [0.15, 0.2) is 107 Å². The van der Waals surface area contributed by atoms with E-state index >= 15 is 0 Å². The number of halogens is 2. The molecule has 2 N–H and O–H groups in total. The van der Waals surface area contributed by atoms with Crippen LogP contribution in [0.2, 0.25) is 10.0 Å². The predicted molar refractivity (Wildman–Crippen MR) is 186 cm³/mol. The van der Waals surface area contributed by atoms with Crippen LogP contribution in [-0.2, 0) is 25.8 Å². The van der Waals surface area contributed by atoms with E-state index in [1.54, 1.807) is 67.8 Å². The summed E-state index contributed by atoms with van der Waals surface area (Å²) in [6.45, 7) is 0.580. The molecule has 1 aliphatic rings. The fourth-order valence-corrected chi connectivity index (χ4v) is 7.37. The fraction of sp³-hybridized carbons (Fsp3) is 0.278. The van der Waals surface area contributed by atoms with Gasteiger partial charge in [0.1, 0.15) is 11.5 Å². The molecule has 0 saturated carbocycles. The van der Waals surface area contributed by atoms with Gasteiger partial charge in [0.15, 0.2) is 21.5 Å². The molecule has 48 heavy (non-hydrogen) atoms. The Balaban J connectivity index is 1.54. The Morgan fingerprint density at radius 1 is 1.00 bits per heavy atom. The number of carbonyl (C=O) groups is 1. The molecule has 0 radical (unpaired) electrons. The molecule has 4 aromatic rings. The van der Waals surface area contributed by atoms with E-state index in [9.17, 15) is 13.2 Å². The van der Waals surface area contributed by atoms with Gasteiger partial charge in [0.25, 0.3) is 5.91 Å². The molecule has 252 valence electrons. The van der Waals surface area contributed by atoms with Gasteiger partial charge in [-0.05, 0) is 66.6 Å². The van der Waals surface area contributed by atoms with Crippen molar-refractivity contribution in [2.45, 2.75) is 35.8 Å². The van der Waals surface area contributed by atoms with Gasteiger partial charge in [-0.1, -0.05) is 65.7 Å². The molecule has 9 nitrogen and oxygen atoms in total. The Morgan fingerprint density at radius 2 is 1.73 bits per heavy atom. The van der Waals surface area contributed by atoms with Crippen LogP contribution in [0.1, 0.15) is 35.6 Å². The maximum atomic E-state index is 14.5. The Morgan fingerprint density at radius 3 is 2.44 bits per heavy atom. The lowest BCUT2D eigenvalue weighted by Crippen LogP contribution is -2.49. The zero-order chi connectivity index (χ0) is 34.1. The monoisotopic (exact) mass is 710 g/mol. The molecule has 0 bridgehead atoms. The van der Waals surface area contributed by atoms with Crippen molar-refractivity contribution in [3.8, 4) is 11.5 Å². The van der Waals surface area contributed by atoms with E-state index in [4.69, 9.17) is 47.5 Å². The second-order valence-corrected chi connectivity index (χ2v) is 14.1. The highest BCUT2D eigenvalue weighted by Crippen LogP contribution is 2.45. The number of para-hydroxylation sites is 1. The van der Waals surface area contributed by atoms with Crippen molar-refractivity contribution >= 4 is 44.8 Å². The summed E-state index contributed by atoms with van der Waals surface area (Å²) in [4.78, 5) is 19.5. The number of amides is 1. The Hall–Kier alpha value is -4.09. The maximum Gasteiger partial charge on any atom is 0.252 e. The number of hydrogen-bond donors (Lipinski definition) is 2. The molecule has 1 amide bonds. The van der Waals surface area contributed by atoms with E-state index in [-0.39, 0.29) is 35.4 Å². The quantitative estimate of drug-likeness (QED) is 0.140. The summed E-state index contributed by atoms with van der Waals surface area (Å²) in [7, 11) is -2.24. The molecule has 2 atom stereocenters. The van der Waals surface area contributed by atoms with Gasteiger partial charge in [0.2, 0.25) is 5.90 Å². The van der Waals surface area contributed by atoms with E-state index in [0.717, 1.165) is 5.56 Å². The van der Waals surface area contributed by atoms with Crippen molar-refractivity contribution in [1.82, 2.24) is 5.32 Å². The first kappa shape index (κ1) is 35.2. The number of nitrogens with zero attached hydrogens (tertiary/aromatic N) is 1. The number of methoxy groups -OCH3 is 1. The molecule has 0 saturated heterocycles. The third-order valence-corrected chi connectivity index (χ3v) is 10.3. The number of aliphatic hydroxyl groups is 1. The smallest absolute Gasteiger partial charge is 0.252 e. The highest BCUT2D eigenvalue weighted by molar-refractivity contribution is 7.91. The molecule has 0 spiro atoms. The summed E-state index contributed by atoms with van der Waals surface area (Å²) in [6.07, 6.45) is -0.354. The predicted octanol–water partition coefficient (Wildman–Crippen LogP) is 6.24. The maximum absolute atomic E-state index is 14.5. The minimum atomic E-state index is -3.82. The summed E-state index contributed by atoms with van der Waals surface area (Å²) in [6, 6.07) is 27.4. The normalized spacial score (nSPS) is 17.3. The first-order valence-electron chi connectivity index (χ1n) is 15.4. The molecule has 12 heteroatoms. The van der Waals surface area contributed by atoms with Crippen molar-refractivity contribution < 1.29 is 32.5 Å². The van der Waals surface area contributed by atoms with Gasteiger partial charge < -0.3 is 24.6 Å².